The first-order chi connectivity index (χ1) is 12.6. The third-order valence-electron chi connectivity index (χ3n) is 4.71. The largest absolute Gasteiger partial charge is 0.345 e. The van der Waals surface area contributed by atoms with Gasteiger partial charge in [-0.15, -0.1) is 0 Å². The summed E-state index contributed by atoms with van der Waals surface area (Å²) in [5.74, 6) is -0.270. The van der Waals surface area contributed by atoms with E-state index < -0.39 is 0 Å². The highest BCUT2D eigenvalue weighted by molar-refractivity contribution is 9.10. The maximum Gasteiger partial charge on any atom is 0.173 e. The summed E-state index contributed by atoms with van der Waals surface area (Å²) in [4.78, 5) is 4.70. The number of likely N-dealkylation sites (tertiary alicyclic amines) is 1. The molecular formula is C20H23BrFN3S. The SMILES string of the molecule is CCN(C(=S)Nc1ccc(F)cc1Br)C1CCN(Cc2ccccc2)C1. The predicted molar refractivity (Wildman–Crippen MR) is 113 cm³/mol. The number of likely N-dealkylation sites (N-methyl/N-ethyl adjacent to an activating group) is 1. The highest BCUT2D eigenvalue weighted by atomic mass is 79.9. The second-order valence-electron chi connectivity index (χ2n) is 6.50. The molecule has 0 aromatic heterocycles. The Balaban J connectivity index is 1.60. The van der Waals surface area contributed by atoms with Crippen molar-refractivity contribution in [2.75, 3.05) is 25.0 Å². The van der Waals surface area contributed by atoms with E-state index >= 15 is 0 Å². The van der Waals surface area contributed by atoms with E-state index in [1.807, 2.05) is 6.07 Å². The third-order valence-corrected chi connectivity index (χ3v) is 5.70. The Morgan fingerprint density at radius 2 is 2.08 bits per heavy atom. The zero-order valence-electron chi connectivity index (χ0n) is 14.8. The fourth-order valence-electron chi connectivity index (χ4n) is 3.40. The minimum absolute atomic E-state index is 0.270. The normalized spacial score (nSPS) is 17.3. The Morgan fingerprint density at radius 3 is 2.77 bits per heavy atom. The second-order valence-corrected chi connectivity index (χ2v) is 7.74. The Bertz CT molecular complexity index is 756. The van der Waals surface area contributed by atoms with Crippen LogP contribution in [0, 0.1) is 5.82 Å². The van der Waals surface area contributed by atoms with E-state index in [9.17, 15) is 4.39 Å². The van der Waals surface area contributed by atoms with Crippen LogP contribution in [0.15, 0.2) is 53.0 Å². The van der Waals surface area contributed by atoms with Crippen molar-refractivity contribution < 1.29 is 4.39 Å². The van der Waals surface area contributed by atoms with Crippen molar-refractivity contribution in [3.63, 3.8) is 0 Å². The Hall–Kier alpha value is -1.50. The molecule has 1 fully saturated rings. The molecule has 1 heterocycles. The first-order valence-electron chi connectivity index (χ1n) is 8.85. The number of nitrogens with one attached hydrogen (secondary N) is 1. The summed E-state index contributed by atoms with van der Waals surface area (Å²) in [6.45, 7) is 5.99. The molecule has 138 valence electrons. The molecule has 0 amide bonds. The zero-order valence-corrected chi connectivity index (χ0v) is 17.2. The second kappa shape index (κ2) is 8.93. The number of hydrogen-bond donors (Lipinski definition) is 1. The molecule has 3 rings (SSSR count). The molecule has 26 heavy (non-hydrogen) atoms. The van der Waals surface area contributed by atoms with Crippen molar-refractivity contribution in [2.24, 2.45) is 0 Å². The van der Waals surface area contributed by atoms with Crippen molar-refractivity contribution in [1.82, 2.24) is 9.80 Å². The molecule has 1 aliphatic heterocycles. The lowest BCUT2D eigenvalue weighted by Gasteiger charge is -2.31. The van der Waals surface area contributed by atoms with Gasteiger partial charge in [0.25, 0.3) is 0 Å². The Kier molecular flexibility index (Phi) is 6.62. The van der Waals surface area contributed by atoms with Crippen LogP contribution in [0.4, 0.5) is 10.1 Å². The smallest absolute Gasteiger partial charge is 0.173 e. The van der Waals surface area contributed by atoms with Crippen molar-refractivity contribution in [2.45, 2.75) is 25.9 Å². The number of hydrogen-bond acceptors (Lipinski definition) is 2. The van der Waals surface area contributed by atoms with Crippen molar-refractivity contribution in [3.8, 4) is 0 Å². The van der Waals surface area contributed by atoms with Crippen molar-refractivity contribution >= 4 is 38.9 Å². The molecule has 1 saturated heterocycles. The molecular weight excluding hydrogens is 413 g/mol. The molecule has 0 saturated carbocycles. The summed E-state index contributed by atoms with van der Waals surface area (Å²) < 4.78 is 13.9. The van der Waals surface area contributed by atoms with Crippen LogP contribution in [-0.2, 0) is 6.54 Å². The zero-order chi connectivity index (χ0) is 18.5. The standard InChI is InChI=1S/C20H23BrFN3S/c1-2-25(20(26)23-19-9-8-16(22)12-18(19)21)17-10-11-24(14-17)13-15-6-4-3-5-7-15/h3-9,12,17H,2,10-11,13-14H2,1H3,(H,23,26). The van der Waals surface area contributed by atoms with Gasteiger partial charge in [-0.2, -0.15) is 0 Å². The van der Waals surface area contributed by atoms with Crippen molar-refractivity contribution in [1.29, 1.82) is 0 Å². The van der Waals surface area contributed by atoms with E-state index in [2.05, 4.69) is 62.2 Å². The molecule has 0 bridgehead atoms. The summed E-state index contributed by atoms with van der Waals surface area (Å²) in [6.07, 6.45) is 1.09. The van der Waals surface area contributed by atoms with E-state index in [4.69, 9.17) is 12.2 Å². The van der Waals surface area contributed by atoms with E-state index in [1.165, 1.54) is 17.7 Å². The number of halogens is 2. The Labute approximate surface area is 168 Å². The number of benzene rings is 2. The fraction of sp³-hybridized carbons (Fsp3) is 0.350. The van der Waals surface area contributed by atoms with Gasteiger partial charge in [-0.1, -0.05) is 30.3 Å². The lowest BCUT2D eigenvalue weighted by Crippen LogP contribution is -2.44. The van der Waals surface area contributed by atoms with Crippen LogP contribution in [0.5, 0.6) is 0 Å². The molecule has 2 aromatic carbocycles. The molecule has 3 nitrogen and oxygen atoms in total. The minimum atomic E-state index is -0.270. The molecule has 0 aliphatic carbocycles. The van der Waals surface area contributed by atoms with Gasteiger partial charge in [0.2, 0.25) is 0 Å². The number of rotatable bonds is 5. The third kappa shape index (κ3) is 4.81. The van der Waals surface area contributed by atoms with Gasteiger partial charge in [0, 0.05) is 36.7 Å². The molecule has 6 heteroatoms. The summed E-state index contributed by atoms with van der Waals surface area (Å²) in [5.41, 5.74) is 2.13. The van der Waals surface area contributed by atoms with Gasteiger partial charge < -0.3 is 10.2 Å². The number of thiocarbonyl (C=S) groups is 1. The average molecular weight is 436 g/mol. The molecule has 0 radical (unpaired) electrons. The van der Waals surface area contributed by atoms with Gasteiger partial charge in [-0.25, -0.2) is 4.39 Å². The van der Waals surface area contributed by atoms with Crippen LogP contribution in [0.1, 0.15) is 18.9 Å². The van der Waals surface area contributed by atoms with Gasteiger partial charge in [0.05, 0.1) is 5.69 Å². The fourth-order valence-corrected chi connectivity index (χ4v) is 4.24. The molecule has 1 unspecified atom stereocenters. The van der Waals surface area contributed by atoms with Gasteiger partial charge in [0.15, 0.2) is 5.11 Å². The molecule has 1 N–H and O–H groups in total. The van der Waals surface area contributed by atoms with E-state index in [0.29, 0.717) is 15.6 Å². The number of nitrogens with zero attached hydrogens (tertiary/aromatic N) is 2. The van der Waals surface area contributed by atoms with Crippen LogP contribution < -0.4 is 5.32 Å². The first-order valence-corrected chi connectivity index (χ1v) is 10.1. The summed E-state index contributed by atoms with van der Waals surface area (Å²) in [7, 11) is 0. The van der Waals surface area contributed by atoms with Crippen molar-refractivity contribution in [3.05, 3.63) is 64.4 Å². The van der Waals surface area contributed by atoms with Gasteiger partial charge >= 0.3 is 0 Å². The predicted octanol–water partition coefficient (Wildman–Crippen LogP) is 4.88. The minimum Gasteiger partial charge on any atom is -0.345 e. The first kappa shape index (κ1) is 19.3. The molecule has 1 aliphatic rings. The van der Waals surface area contributed by atoms with Gasteiger partial charge in [-0.3, -0.25) is 4.90 Å². The Morgan fingerprint density at radius 1 is 1.31 bits per heavy atom. The van der Waals surface area contributed by atoms with E-state index in [-0.39, 0.29) is 5.82 Å². The van der Waals surface area contributed by atoms with Crippen LogP contribution in [-0.4, -0.2) is 40.6 Å². The van der Waals surface area contributed by atoms with Gasteiger partial charge in [0.1, 0.15) is 5.82 Å². The average Bonchev–Trinajstić information content (AvgIpc) is 3.07. The molecule has 0 spiro atoms. The number of anilines is 1. The highest BCUT2D eigenvalue weighted by Gasteiger charge is 2.28. The van der Waals surface area contributed by atoms with Crippen LogP contribution in [0.25, 0.3) is 0 Å². The van der Waals surface area contributed by atoms with Crippen LogP contribution in [0.3, 0.4) is 0 Å². The molecule has 1 atom stereocenters. The lowest BCUT2D eigenvalue weighted by atomic mass is 10.2. The lowest BCUT2D eigenvalue weighted by molar-refractivity contribution is 0.282. The van der Waals surface area contributed by atoms with E-state index in [1.54, 1.807) is 6.07 Å². The monoisotopic (exact) mass is 435 g/mol. The van der Waals surface area contributed by atoms with E-state index in [0.717, 1.165) is 38.3 Å². The highest BCUT2D eigenvalue weighted by Crippen LogP contribution is 2.25. The van der Waals surface area contributed by atoms with Gasteiger partial charge in [-0.05, 0) is 65.3 Å². The summed E-state index contributed by atoms with van der Waals surface area (Å²) in [5, 5.41) is 3.94. The van der Waals surface area contributed by atoms with Crippen LogP contribution in [0.2, 0.25) is 0 Å². The maximum absolute atomic E-state index is 13.3. The quantitative estimate of drug-likeness (QED) is 0.674. The summed E-state index contributed by atoms with van der Waals surface area (Å²) in [6, 6.07) is 15.5. The molecule has 2 aromatic rings. The topological polar surface area (TPSA) is 18.5 Å². The van der Waals surface area contributed by atoms with Crippen LogP contribution >= 0.6 is 28.1 Å². The summed E-state index contributed by atoms with van der Waals surface area (Å²) >= 11 is 9.02. The maximum atomic E-state index is 13.3.